The molecule has 2 rings (SSSR count). The van der Waals surface area contributed by atoms with Gasteiger partial charge in [0.05, 0.1) is 17.3 Å². The van der Waals surface area contributed by atoms with Gasteiger partial charge in [-0.1, -0.05) is 23.7 Å². The standard InChI is InChI=1S/C16H17ClN2O2/c1-10(11-4-3-5-12(17)8-11)19(2)15-9-13(18)6-7-14(15)16(20)21/h3-10H,18H2,1-2H3,(H,20,21). The van der Waals surface area contributed by atoms with Crippen molar-refractivity contribution in [3.8, 4) is 0 Å². The Balaban J connectivity index is 2.41. The van der Waals surface area contributed by atoms with Crippen LogP contribution in [0.25, 0.3) is 0 Å². The highest BCUT2D eigenvalue weighted by Gasteiger charge is 2.19. The molecule has 0 saturated heterocycles. The Morgan fingerprint density at radius 1 is 1.29 bits per heavy atom. The quantitative estimate of drug-likeness (QED) is 0.843. The maximum atomic E-state index is 11.4. The Labute approximate surface area is 128 Å². The number of carbonyl (C=O) groups is 1. The van der Waals surface area contributed by atoms with E-state index in [1.54, 1.807) is 18.2 Å². The molecule has 0 bridgehead atoms. The van der Waals surface area contributed by atoms with Gasteiger partial charge in [-0.05, 0) is 42.8 Å². The summed E-state index contributed by atoms with van der Waals surface area (Å²) in [7, 11) is 1.84. The van der Waals surface area contributed by atoms with Gasteiger partial charge in [0.1, 0.15) is 0 Å². The zero-order chi connectivity index (χ0) is 15.6. The summed E-state index contributed by atoms with van der Waals surface area (Å²) in [4.78, 5) is 13.2. The van der Waals surface area contributed by atoms with Gasteiger partial charge in [0.15, 0.2) is 0 Å². The van der Waals surface area contributed by atoms with Crippen molar-refractivity contribution in [2.24, 2.45) is 0 Å². The fourth-order valence-electron chi connectivity index (χ4n) is 2.22. The molecule has 0 radical (unpaired) electrons. The van der Waals surface area contributed by atoms with Crippen LogP contribution in [0.15, 0.2) is 42.5 Å². The van der Waals surface area contributed by atoms with Gasteiger partial charge in [0, 0.05) is 17.8 Å². The number of hydrogen-bond donors (Lipinski definition) is 2. The van der Waals surface area contributed by atoms with Crippen molar-refractivity contribution in [3.05, 3.63) is 58.6 Å². The fraction of sp³-hybridized carbons (Fsp3) is 0.188. The second-order valence-electron chi connectivity index (χ2n) is 4.92. The van der Waals surface area contributed by atoms with E-state index in [-0.39, 0.29) is 11.6 Å². The van der Waals surface area contributed by atoms with Gasteiger partial charge in [0.25, 0.3) is 0 Å². The molecule has 1 unspecified atom stereocenters. The molecular formula is C16H17ClN2O2. The summed E-state index contributed by atoms with van der Waals surface area (Å²) >= 11 is 6.01. The smallest absolute Gasteiger partial charge is 0.337 e. The monoisotopic (exact) mass is 304 g/mol. The topological polar surface area (TPSA) is 66.6 Å². The van der Waals surface area contributed by atoms with Crippen LogP contribution >= 0.6 is 11.6 Å². The number of nitrogens with two attached hydrogens (primary N) is 1. The van der Waals surface area contributed by atoms with E-state index in [1.165, 1.54) is 6.07 Å². The van der Waals surface area contributed by atoms with E-state index >= 15 is 0 Å². The number of nitrogens with zero attached hydrogens (tertiary/aromatic N) is 1. The predicted octanol–water partition coefficient (Wildman–Crippen LogP) is 3.82. The van der Waals surface area contributed by atoms with Crippen LogP contribution in [-0.4, -0.2) is 18.1 Å². The summed E-state index contributed by atoms with van der Waals surface area (Å²) in [5, 5.41) is 9.96. The van der Waals surface area contributed by atoms with Gasteiger partial charge in [-0.2, -0.15) is 0 Å². The van der Waals surface area contributed by atoms with Gasteiger partial charge in [-0.25, -0.2) is 4.79 Å². The molecule has 0 heterocycles. The molecule has 0 aliphatic carbocycles. The lowest BCUT2D eigenvalue weighted by Crippen LogP contribution is -2.24. The van der Waals surface area contributed by atoms with Crippen molar-refractivity contribution in [1.29, 1.82) is 0 Å². The van der Waals surface area contributed by atoms with Gasteiger partial charge >= 0.3 is 5.97 Å². The highest BCUT2D eigenvalue weighted by atomic mass is 35.5. The second-order valence-corrected chi connectivity index (χ2v) is 5.36. The van der Waals surface area contributed by atoms with Crippen molar-refractivity contribution in [3.63, 3.8) is 0 Å². The largest absolute Gasteiger partial charge is 0.478 e. The number of benzene rings is 2. The first-order valence-corrected chi connectivity index (χ1v) is 6.89. The van der Waals surface area contributed by atoms with E-state index in [4.69, 9.17) is 17.3 Å². The third-order valence-electron chi connectivity index (χ3n) is 3.54. The van der Waals surface area contributed by atoms with E-state index in [0.717, 1.165) is 5.56 Å². The van der Waals surface area contributed by atoms with Gasteiger partial charge in [-0.15, -0.1) is 0 Å². The SMILES string of the molecule is CC(c1cccc(Cl)c1)N(C)c1cc(N)ccc1C(=O)O. The molecule has 110 valence electrons. The molecule has 0 spiro atoms. The van der Waals surface area contributed by atoms with Crippen LogP contribution in [0, 0.1) is 0 Å². The molecule has 21 heavy (non-hydrogen) atoms. The molecule has 2 aromatic rings. The van der Waals surface area contributed by atoms with E-state index in [9.17, 15) is 9.90 Å². The maximum absolute atomic E-state index is 11.4. The molecule has 4 nitrogen and oxygen atoms in total. The molecular weight excluding hydrogens is 288 g/mol. The molecule has 0 saturated carbocycles. The Kier molecular flexibility index (Phi) is 4.38. The first-order valence-electron chi connectivity index (χ1n) is 6.51. The number of rotatable bonds is 4. The number of hydrogen-bond acceptors (Lipinski definition) is 3. The molecule has 3 N–H and O–H groups in total. The van der Waals surface area contributed by atoms with Gasteiger partial charge < -0.3 is 15.7 Å². The minimum Gasteiger partial charge on any atom is -0.478 e. The fourth-order valence-corrected chi connectivity index (χ4v) is 2.42. The number of carboxylic acid groups (broad SMARTS) is 1. The van der Waals surface area contributed by atoms with Crippen molar-refractivity contribution >= 4 is 28.9 Å². The van der Waals surface area contributed by atoms with Crippen LogP contribution in [0.1, 0.15) is 28.9 Å². The van der Waals surface area contributed by atoms with Gasteiger partial charge in [0.2, 0.25) is 0 Å². The zero-order valence-corrected chi connectivity index (χ0v) is 12.6. The third kappa shape index (κ3) is 3.28. The number of aromatic carboxylic acids is 1. The normalized spacial score (nSPS) is 12.0. The summed E-state index contributed by atoms with van der Waals surface area (Å²) in [6.45, 7) is 1.99. The lowest BCUT2D eigenvalue weighted by atomic mass is 10.0. The number of anilines is 2. The maximum Gasteiger partial charge on any atom is 0.337 e. The molecule has 0 aromatic heterocycles. The Hall–Kier alpha value is -2.20. The van der Waals surface area contributed by atoms with Crippen LogP contribution in [-0.2, 0) is 0 Å². The van der Waals surface area contributed by atoms with Gasteiger partial charge in [-0.3, -0.25) is 0 Å². The van der Waals surface area contributed by atoms with Crippen LogP contribution < -0.4 is 10.6 Å². The first kappa shape index (κ1) is 15.2. The Morgan fingerprint density at radius 3 is 2.62 bits per heavy atom. The third-order valence-corrected chi connectivity index (χ3v) is 3.78. The lowest BCUT2D eigenvalue weighted by molar-refractivity contribution is 0.0697. The molecule has 0 amide bonds. The van der Waals surface area contributed by atoms with Crippen molar-refractivity contribution < 1.29 is 9.90 Å². The summed E-state index contributed by atoms with van der Waals surface area (Å²) < 4.78 is 0. The Bertz CT molecular complexity index is 673. The average Bonchev–Trinajstić information content (AvgIpc) is 2.45. The van der Waals surface area contributed by atoms with E-state index in [2.05, 4.69) is 0 Å². The molecule has 0 fully saturated rings. The minimum absolute atomic E-state index is 0.0383. The lowest BCUT2D eigenvalue weighted by Gasteiger charge is -2.29. The summed E-state index contributed by atoms with van der Waals surface area (Å²) in [5.74, 6) is -0.977. The molecule has 2 aromatic carbocycles. The van der Waals surface area contributed by atoms with E-state index in [0.29, 0.717) is 16.4 Å². The summed E-state index contributed by atoms with van der Waals surface area (Å²) in [6, 6.07) is 12.3. The number of carboxylic acids is 1. The summed E-state index contributed by atoms with van der Waals surface area (Å²) in [5.41, 5.74) is 8.12. The van der Waals surface area contributed by atoms with E-state index in [1.807, 2.05) is 37.1 Å². The number of nitrogen functional groups attached to an aromatic ring is 1. The molecule has 1 atom stereocenters. The average molecular weight is 305 g/mol. The molecule has 0 aliphatic heterocycles. The van der Waals surface area contributed by atoms with Crippen LogP contribution in [0.4, 0.5) is 11.4 Å². The Morgan fingerprint density at radius 2 is 2.00 bits per heavy atom. The minimum atomic E-state index is -0.977. The van der Waals surface area contributed by atoms with Crippen molar-refractivity contribution in [1.82, 2.24) is 0 Å². The highest BCUT2D eigenvalue weighted by Crippen LogP contribution is 2.30. The first-order chi connectivity index (χ1) is 9.90. The number of halogens is 1. The van der Waals surface area contributed by atoms with Crippen molar-refractivity contribution in [2.75, 3.05) is 17.7 Å². The van der Waals surface area contributed by atoms with E-state index < -0.39 is 5.97 Å². The highest BCUT2D eigenvalue weighted by molar-refractivity contribution is 6.30. The van der Waals surface area contributed by atoms with Crippen LogP contribution in [0.5, 0.6) is 0 Å². The summed E-state index contributed by atoms with van der Waals surface area (Å²) in [6.07, 6.45) is 0. The van der Waals surface area contributed by atoms with Crippen LogP contribution in [0.3, 0.4) is 0 Å². The molecule has 0 aliphatic rings. The van der Waals surface area contributed by atoms with Crippen LogP contribution in [0.2, 0.25) is 5.02 Å². The van der Waals surface area contributed by atoms with Crippen molar-refractivity contribution in [2.45, 2.75) is 13.0 Å². The molecule has 5 heteroatoms. The zero-order valence-electron chi connectivity index (χ0n) is 11.9. The second kappa shape index (κ2) is 6.06. The predicted molar refractivity (Wildman–Crippen MR) is 86.1 cm³/mol.